The van der Waals surface area contributed by atoms with Crippen molar-refractivity contribution in [3.8, 4) is 11.5 Å². The second-order valence-electron chi connectivity index (χ2n) is 5.83. The van der Waals surface area contributed by atoms with E-state index in [1.54, 1.807) is 11.8 Å². The molecule has 1 N–H and O–H groups in total. The number of nitrogens with one attached hydrogen (secondary N) is 1. The standard InChI is InChI=1S/C19H18ClN3O2S/c1-12-3-4-13(2)16(11-12)18-22-23-19(25-18)21-17(24)9-10-26-15-7-5-14(20)6-8-15/h3-8,11H,9-10H2,1-2H3,(H,21,23,24). The summed E-state index contributed by atoms with van der Waals surface area (Å²) >= 11 is 7.44. The smallest absolute Gasteiger partial charge is 0.322 e. The van der Waals surface area contributed by atoms with Crippen molar-refractivity contribution in [2.45, 2.75) is 25.2 Å². The fraction of sp³-hybridized carbons (Fsp3) is 0.211. The average Bonchev–Trinajstić information content (AvgIpc) is 3.07. The molecule has 0 spiro atoms. The summed E-state index contributed by atoms with van der Waals surface area (Å²) in [5, 5.41) is 11.3. The van der Waals surface area contributed by atoms with Gasteiger partial charge < -0.3 is 4.42 Å². The first-order valence-electron chi connectivity index (χ1n) is 8.10. The van der Waals surface area contributed by atoms with Crippen LogP contribution in [-0.4, -0.2) is 21.9 Å². The van der Waals surface area contributed by atoms with Crippen LogP contribution in [0.15, 0.2) is 51.8 Å². The molecule has 5 nitrogen and oxygen atoms in total. The molecule has 2 aromatic carbocycles. The highest BCUT2D eigenvalue weighted by atomic mass is 35.5. The number of benzene rings is 2. The van der Waals surface area contributed by atoms with E-state index < -0.39 is 0 Å². The van der Waals surface area contributed by atoms with E-state index in [0.29, 0.717) is 23.1 Å². The third kappa shape index (κ3) is 4.86. The van der Waals surface area contributed by atoms with Gasteiger partial charge >= 0.3 is 6.01 Å². The number of aryl methyl sites for hydroxylation is 2. The monoisotopic (exact) mass is 387 g/mol. The topological polar surface area (TPSA) is 68.0 Å². The molecule has 0 bridgehead atoms. The number of amides is 1. The molecule has 1 aromatic heterocycles. The fourth-order valence-corrected chi connectivity index (χ4v) is 3.30. The van der Waals surface area contributed by atoms with Gasteiger partial charge in [0, 0.05) is 27.7 Å². The van der Waals surface area contributed by atoms with Crippen molar-refractivity contribution in [3.63, 3.8) is 0 Å². The van der Waals surface area contributed by atoms with Gasteiger partial charge in [-0.25, -0.2) is 0 Å². The molecule has 0 aliphatic rings. The van der Waals surface area contributed by atoms with Gasteiger partial charge in [0.25, 0.3) is 0 Å². The largest absolute Gasteiger partial charge is 0.403 e. The molecule has 0 atom stereocenters. The van der Waals surface area contributed by atoms with Crippen molar-refractivity contribution in [1.29, 1.82) is 0 Å². The van der Waals surface area contributed by atoms with E-state index in [4.69, 9.17) is 16.0 Å². The minimum atomic E-state index is -0.164. The van der Waals surface area contributed by atoms with E-state index in [0.717, 1.165) is 21.6 Å². The van der Waals surface area contributed by atoms with Crippen LogP contribution in [0.4, 0.5) is 6.01 Å². The minimum Gasteiger partial charge on any atom is -0.403 e. The third-order valence-corrected chi connectivity index (χ3v) is 4.97. The Hall–Kier alpha value is -2.31. The molecule has 0 aliphatic heterocycles. The first-order chi connectivity index (χ1) is 12.5. The lowest BCUT2D eigenvalue weighted by Gasteiger charge is -2.03. The van der Waals surface area contributed by atoms with E-state index in [2.05, 4.69) is 15.5 Å². The number of halogens is 1. The predicted molar refractivity (Wildman–Crippen MR) is 105 cm³/mol. The highest BCUT2D eigenvalue weighted by Crippen LogP contribution is 2.25. The van der Waals surface area contributed by atoms with Gasteiger partial charge in [-0.1, -0.05) is 34.4 Å². The summed E-state index contributed by atoms with van der Waals surface area (Å²) in [6.07, 6.45) is 0.342. The molecule has 0 fully saturated rings. The molecule has 0 saturated carbocycles. The average molecular weight is 388 g/mol. The number of rotatable bonds is 6. The summed E-state index contributed by atoms with van der Waals surface area (Å²) in [6, 6.07) is 13.6. The Kier molecular flexibility index (Phi) is 5.96. The normalized spacial score (nSPS) is 10.7. The molecular formula is C19H18ClN3O2S. The van der Waals surface area contributed by atoms with Crippen LogP contribution in [0.1, 0.15) is 17.5 Å². The van der Waals surface area contributed by atoms with Crippen LogP contribution in [0.3, 0.4) is 0 Å². The number of anilines is 1. The maximum absolute atomic E-state index is 12.1. The second-order valence-corrected chi connectivity index (χ2v) is 7.44. The molecule has 1 amide bonds. The Bertz CT molecular complexity index is 909. The van der Waals surface area contributed by atoms with Gasteiger partial charge in [0.2, 0.25) is 11.8 Å². The Morgan fingerprint density at radius 3 is 2.69 bits per heavy atom. The molecule has 0 saturated heterocycles. The van der Waals surface area contributed by atoms with Crippen molar-refractivity contribution in [2.24, 2.45) is 0 Å². The lowest BCUT2D eigenvalue weighted by atomic mass is 10.1. The van der Waals surface area contributed by atoms with Crippen LogP contribution < -0.4 is 5.32 Å². The van der Waals surface area contributed by atoms with Crippen molar-refractivity contribution < 1.29 is 9.21 Å². The Labute approximate surface area is 161 Å². The lowest BCUT2D eigenvalue weighted by Crippen LogP contribution is -2.12. The van der Waals surface area contributed by atoms with Crippen LogP contribution in [0, 0.1) is 13.8 Å². The van der Waals surface area contributed by atoms with E-state index in [9.17, 15) is 4.79 Å². The highest BCUT2D eigenvalue weighted by Gasteiger charge is 2.13. The number of nitrogens with zero attached hydrogens (tertiary/aromatic N) is 2. The summed E-state index contributed by atoms with van der Waals surface area (Å²) in [7, 11) is 0. The van der Waals surface area contributed by atoms with E-state index in [1.165, 1.54) is 0 Å². The zero-order valence-corrected chi connectivity index (χ0v) is 16.0. The van der Waals surface area contributed by atoms with Gasteiger partial charge in [-0.05, 0) is 49.7 Å². The molecule has 3 rings (SSSR count). The zero-order chi connectivity index (χ0) is 18.5. The summed E-state index contributed by atoms with van der Waals surface area (Å²) in [5.41, 5.74) is 3.02. The zero-order valence-electron chi connectivity index (χ0n) is 14.5. The molecule has 0 radical (unpaired) electrons. The van der Waals surface area contributed by atoms with E-state index >= 15 is 0 Å². The summed E-state index contributed by atoms with van der Waals surface area (Å²) in [6.45, 7) is 3.98. The molecule has 3 aromatic rings. The highest BCUT2D eigenvalue weighted by molar-refractivity contribution is 7.99. The van der Waals surface area contributed by atoms with Gasteiger partial charge in [-0.3, -0.25) is 10.1 Å². The molecule has 26 heavy (non-hydrogen) atoms. The molecule has 1 heterocycles. The number of aromatic nitrogens is 2. The molecule has 134 valence electrons. The SMILES string of the molecule is Cc1ccc(C)c(-c2nnc(NC(=O)CCSc3ccc(Cl)cc3)o2)c1. The van der Waals surface area contributed by atoms with Crippen molar-refractivity contribution >= 4 is 35.3 Å². The molecule has 7 heteroatoms. The predicted octanol–water partition coefficient (Wildman–Crippen LogP) is 5.13. The van der Waals surface area contributed by atoms with Crippen LogP contribution in [0.5, 0.6) is 0 Å². The molecular weight excluding hydrogens is 370 g/mol. The molecule has 0 unspecified atom stereocenters. The van der Waals surface area contributed by atoms with Crippen molar-refractivity contribution in [3.05, 3.63) is 58.6 Å². The van der Waals surface area contributed by atoms with Gasteiger partial charge in [-0.2, -0.15) is 0 Å². The fourth-order valence-electron chi connectivity index (χ4n) is 2.32. The van der Waals surface area contributed by atoms with Gasteiger partial charge in [0.05, 0.1) is 0 Å². The van der Waals surface area contributed by atoms with Gasteiger partial charge in [-0.15, -0.1) is 16.9 Å². The maximum Gasteiger partial charge on any atom is 0.322 e. The number of carbonyl (C=O) groups excluding carboxylic acids is 1. The minimum absolute atomic E-state index is 0.113. The summed E-state index contributed by atoms with van der Waals surface area (Å²) < 4.78 is 5.58. The van der Waals surface area contributed by atoms with Crippen LogP contribution in [-0.2, 0) is 4.79 Å². The number of carbonyl (C=O) groups is 1. The summed E-state index contributed by atoms with van der Waals surface area (Å²) in [4.78, 5) is 13.1. The van der Waals surface area contributed by atoms with E-state index in [1.807, 2.05) is 56.3 Å². The van der Waals surface area contributed by atoms with Crippen molar-refractivity contribution in [1.82, 2.24) is 10.2 Å². The van der Waals surface area contributed by atoms with Crippen molar-refractivity contribution in [2.75, 3.05) is 11.1 Å². The number of hydrogen-bond acceptors (Lipinski definition) is 5. The maximum atomic E-state index is 12.1. The number of hydrogen-bond donors (Lipinski definition) is 1. The van der Waals surface area contributed by atoms with Gasteiger partial charge in [0.15, 0.2) is 0 Å². The van der Waals surface area contributed by atoms with Crippen LogP contribution in [0.25, 0.3) is 11.5 Å². The summed E-state index contributed by atoms with van der Waals surface area (Å²) in [5.74, 6) is 0.880. The Balaban J connectivity index is 1.54. The quantitative estimate of drug-likeness (QED) is 0.594. The van der Waals surface area contributed by atoms with E-state index in [-0.39, 0.29) is 11.9 Å². The Morgan fingerprint density at radius 2 is 1.92 bits per heavy atom. The first kappa shape index (κ1) is 18.5. The number of thioether (sulfide) groups is 1. The van der Waals surface area contributed by atoms with Crippen LogP contribution in [0.2, 0.25) is 5.02 Å². The third-order valence-electron chi connectivity index (χ3n) is 3.71. The Morgan fingerprint density at radius 1 is 1.15 bits per heavy atom. The van der Waals surface area contributed by atoms with Crippen LogP contribution >= 0.6 is 23.4 Å². The first-order valence-corrected chi connectivity index (χ1v) is 9.47. The second kappa shape index (κ2) is 8.38. The molecule has 0 aliphatic carbocycles. The lowest BCUT2D eigenvalue weighted by molar-refractivity contribution is -0.115. The van der Waals surface area contributed by atoms with Gasteiger partial charge in [0.1, 0.15) is 0 Å².